The summed E-state index contributed by atoms with van der Waals surface area (Å²) in [5, 5.41) is 3.49. The molecule has 1 N–H and O–H groups in total. The van der Waals surface area contributed by atoms with Crippen LogP contribution < -0.4 is 14.8 Å². The second kappa shape index (κ2) is 10.0. The number of halogens is 1. The first-order valence-corrected chi connectivity index (χ1v) is 9.89. The zero-order valence-electron chi connectivity index (χ0n) is 15.2. The first-order chi connectivity index (χ1) is 13.6. The van der Waals surface area contributed by atoms with Gasteiger partial charge >= 0.3 is 0 Å². The summed E-state index contributed by atoms with van der Waals surface area (Å²) in [6, 6.07) is 18.6. The van der Waals surface area contributed by atoms with Crippen LogP contribution in [0.1, 0.15) is 5.69 Å². The Labute approximate surface area is 173 Å². The number of nitrogens with one attached hydrogen (secondary N) is 1. The van der Waals surface area contributed by atoms with Crippen molar-refractivity contribution < 1.29 is 14.3 Å². The fourth-order valence-electron chi connectivity index (χ4n) is 2.36. The van der Waals surface area contributed by atoms with Crippen LogP contribution in [0.25, 0.3) is 0 Å². The summed E-state index contributed by atoms with van der Waals surface area (Å²) in [5.74, 6) is 1.36. The summed E-state index contributed by atoms with van der Waals surface area (Å²) in [4.78, 5) is 17.6. The van der Waals surface area contributed by atoms with Crippen LogP contribution in [0, 0.1) is 0 Å². The molecule has 0 atom stereocenters. The van der Waals surface area contributed by atoms with Gasteiger partial charge in [0.05, 0.1) is 19.0 Å². The van der Waals surface area contributed by atoms with Gasteiger partial charge in [0.25, 0.3) is 5.91 Å². The molecule has 0 radical (unpaired) electrons. The van der Waals surface area contributed by atoms with Crippen LogP contribution in [0.4, 0.5) is 5.69 Å². The van der Waals surface area contributed by atoms with E-state index < -0.39 is 0 Å². The van der Waals surface area contributed by atoms with Gasteiger partial charge in [0, 0.05) is 27.4 Å². The van der Waals surface area contributed by atoms with Crippen LogP contribution >= 0.6 is 23.4 Å². The van der Waals surface area contributed by atoms with E-state index in [1.165, 1.54) is 7.11 Å². The van der Waals surface area contributed by atoms with Gasteiger partial charge in [0.1, 0.15) is 0 Å². The first kappa shape index (κ1) is 20.0. The number of carbonyl (C=O) groups excluding carboxylic acids is 1. The molecule has 1 aromatic heterocycles. The molecule has 0 aliphatic carbocycles. The molecule has 0 saturated carbocycles. The van der Waals surface area contributed by atoms with Gasteiger partial charge in [-0.15, -0.1) is 11.8 Å². The number of hydrogen-bond donors (Lipinski definition) is 1. The Kier molecular flexibility index (Phi) is 7.17. The fourth-order valence-corrected chi connectivity index (χ4v) is 3.29. The van der Waals surface area contributed by atoms with Crippen molar-refractivity contribution in [2.75, 3.05) is 19.0 Å². The first-order valence-electron chi connectivity index (χ1n) is 8.53. The van der Waals surface area contributed by atoms with Crippen LogP contribution in [0.2, 0.25) is 5.02 Å². The summed E-state index contributed by atoms with van der Waals surface area (Å²) in [6.07, 6.45) is 1.60. The number of hydrogen-bond acceptors (Lipinski definition) is 5. The Morgan fingerprint density at radius 1 is 1.11 bits per heavy atom. The molecule has 0 bridgehead atoms. The van der Waals surface area contributed by atoms with Crippen molar-refractivity contribution in [3.63, 3.8) is 0 Å². The molecule has 0 spiro atoms. The lowest BCUT2D eigenvalue weighted by Gasteiger charge is -2.12. The van der Waals surface area contributed by atoms with Gasteiger partial charge in [0.15, 0.2) is 18.1 Å². The molecule has 1 amide bonds. The number of benzene rings is 2. The van der Waals surface area contributed by atoms with Crippen molar-refractivity contribution in [1.82, 2.24) is 4.98 Å². The molecule has 28 heavy (non-hydrogen) atoms. The minimum Gasteiger partial charge on any atom is -0.491 e. The highest BCUT2D eigenvalue weighted by Gasteiger charge is 2.10. The van der Waals surface area contributed by atoms with Gasteiger partial charge in [-0.1, -0.05) is 29.8 Å². The molecule has 7 heteroatoms. The number of methoxy groups -OCH3 is 1. The summed E-state index contributed by atoms with van der Waals surface area (Å²) < 4.78 is 11.0. The molecule has 0 fully saturated rings. The SMILES string of the molecule is COc1cnc(CSc2ccc(Cl)cc2)cc1OCC(=O)Nc1ccccc1. The molecule has 0 unspecified atom stereocenters. The van der Waals surface area contributed by atoms with Crippen LogP contribution in [-0.2, 0) is 10.5 Å². The minimum absolute atomic E-state index is 0.126. The number of anilines is 1. The summed E-state index contributed by atoms with van der Waals surface area (Å²) >= 11 is 7.54. The topological polar surface area (TPSA) is 60.5 Å². The number of ether oxygens (including phenoxy) is 2. The van der Waals surface area contributed by atoms with Crippen molar-refractivity contribution >= 4 is 35.0 Å². The van der Waals surface area contributed by atoms with E-state index in [1.54, 1.807) is 24.0 Å². The largest absolute Gasteiger partial charge is 0.491 e. The van der Waals surface area contributed by atoms with Gasteiger partial charge in [0.2, 0.25) is 0 Å². The number of amides is 1. The van der Waals surface area contributed by atoms with Crippen LogP contribution in [-0.4, -0.2) is 24.6 Å². The van der Waals surface area contributed by atoms with Gasteiger partial charge in [-0.3, -0.25) is 9.78 Å². The quantitative estimate of drug-likeness (QED) is 0.522. The summed E-state index contributed by atoms with van der Waals surface area (Å²) in [6.45, 7) is -0.126. The van der Waals surface area contributed by atoms with E-state index >= 15 is 0 Å². The molecule has 5 nitrogen and oxygen atoms in total. The second-order valence-electron chi connectivity index (χ2n) is 5.77. The van der Waals surface area contributed by atoms with Crippen molar-refractivity contribution in [1.29, 1.82) is 0 Å². The third kappa shape index (κ3) is 5.90. The molecular formula is C21H19ClN2O3S. The molecule has 3 aromatic rings. The second-order valence-corrected chi connectivity index (χ2v) is 7.26. The molecule has 0 saturated heterocycles. The smallest absolute Gasteiger partial charge is 0.262 e. The highest BCUT2D eigenvalue weighted by Crippen LogP contribution is 2.30. The normalized spacial score (nSPS) is 10.4. The maximum atomic E-state index is 12.1. The van der Waals surface area contributed by atoms with Crippen molar-refractivity contribution in [3.05, 3.63) is 77.6 Å². The standard InChI is InChI=1S/C21H19ClN2O3S/c1-26-20-12-23-17(14-28-18-9-7-15(22)8-10-18)11-19(20)27-13-21(25)24-16-5-3-2-4-6-16/h2-12H,13-14H2,1H3,(H,24,25). The van der Waals surface area contributed by atoms with Gasteiger partial charge in [-0.05, 0) is 36.4 Å². The predicted octanol–water partition coefficient (Wildman–Crippen LogP) is 5.05. The van der Waals surface area contributed by atoms with Crippen molar-refractivity contribution in [2.24, 2.45) is 0 Å². The zero-order valence-corrected chi connectivity index (χ0v) is 16.8. The monoisotopic (exact) mass is 414 g/mol. The van der Waals surface area contributed by atoms with E-state index in [2.05, 4.69) is 10.3 Å². The molecule has 0 aliphatic rings. The molecule has 3 rings (SSSR count). The Morgan fingerprint density at radius 2 is 1.86 bits per heavy atom. The van der Waals surface area contributed by atoms with E-state index in [-0.39, 0.29) is 12.5 Å². The summed E-state index contributed by atoms with van der Waals surface area (Å²) in [7, 11) is 1.54. The highest BCUT2D eigenvalue weighted by molar-refractivity contribution is 7.98. The Morgan fingerprint density at radius 3 is 2.57 bits per heavy atom. The number of nitrogens with zero attached hydrogens (tertiary/aromatic N) is 1. The molecule has 144 valence electrons. The fraction of sp³-hybridized carbons (Fsp3) is 0.143. The molecule has 2 aromatic carbocycles. The Balaban J connectivity index is 1.60. The average molecular weight is 415 g/mol. The molecule has 0 aliphatic heterocycles. The lowest BCUT2D eigenvalue weighted by Crippen LogP contribution is -2.20. The molecule has 1 heterocycles. The van der Waals surface area contributed by atoms with Gasteiger partial charge in [-0.2, -0.15) is 0 Å². The third-order valence-electron chi connectivity index (χ3n) is 3.72. The Hall–Kier alpha value is -2.70. The highest BCUT2D eigenvalue weighted by atomic mass is 35.5. The minimum atomic E-state index is -0.248. The number of pyridine rings is 1. The van der Waals surface area contributed by atoms with Crippen molar-refractivity contribution in [3.8, 4) is 11.5 Å². The summed E-state index contributed by atoms with van der Waals surface area (Å²) in [5.41, 5.74) is 1.54. The maximum Gasteiger partial charge on any atom is 0.262 e. The predicted molar refractivity (Wildman–Crippen MR) is 112 cm³/mol. The maximum absolute atomic E-state index is 12.1. The van der Waals surface area contributed by atoms with Crippen LogP contribution in [0.5, 0.6) is 11.5 Å². The van der Waals surface area contributed by atoms with Gasteiger partial charge < -0.3 is 14.8 Å². The van der Waals surface area contributed by atoms with E-state index in [1.807, 2.05) is 54.6 Å². The van der Waals surface area contributed by atoms with Crippen molar-refractivity contribution in [2.45, 2.75) is 10.6 Å². The number of rotatable bonds is 8. The number of thioether (sulfide) groups is 1. The van der Waals surface area contributed by atoms with E-state index in [9.17, 15) is 4.79 Å². The van der Waals surface area contributed by atoms with Crippen LogP contribution in [0.3, 0.4) is 0 Å². The van der Waals surface area contributed by atoms with Gasteiger partial charge in [-0.25, -0.2) is 0 Å². The lowest BCUT2D eigenvalue weighted by molar-refractivity contribution is -0.118. The van der Waals surface area contributed by atoms with E-state index in [0.29, 0.717) is 22.3 Å². The van der Waals surface area contributed by atoms with Crippen LogP contribution in [0.15, 0.2) is 71.8 Å². The van der Waals surface area contributed by atoms with E-state index in [4.69, 9.17) is 21.1 Å². The number of aromatic nitrogens is 1. The van der Waals surface area contributed by atoms with E-state index in [0.717, 1.165) is 16.3 Å². The number of carbonyl (C=O) groups is 1. The third-order valence-corrected chi connectivity index (χ3v) is 5.02. The average Bonchev–Trinajstić information content (AvgIpc) is 2.72. The lowest BCUT2D eigenvalue weighted by atomic mass is 10.3. The molecular weight excluding hydrogens is 396 g/mol. The zero-order chi connectivity index (χ0) is 19.8. The number of para-hydroxylation sites is 1. The Bertz CT molecular complexity index is 921.